The zero-order chi connectivity index (χ0) is 16.2. The molecule has 1 aliphatic rings. The number of hydrogen-bond acceptors (Lipinski definition) is 4. The molecule has 2 rings (SSSR count). The van der Waals surface area contributed by atoms with Crippen LogP contribution in [0.4, 0.5) is 5.69 Å². The first-order chi connectivity index (χ1) is 10.4. The lowest BCUT2D eigenvalue weighted by Crippen LogP contribution is -2.51. The van der Waals surface area contributed by atoms with Gasteiger partial charge in [-0.05, 0) is 45.0 Å². The summed E-state index contributed by atoms with van der Waals surface area (Å²) in [7, 11) is -1.04. The van der Waals surface area contributed by atoms with Crippen molar-refractivity contribution in [2.75, 3.05) is 37.0 Å². The maximum absolute atomic E-state index is 12.7. The Hall–Kier alpha value is -1.40. The Morgan fingerprint density at radius 2 is 1.95 bits per heavy atom. The number of carbonyl (C=O) groups excluding carboxylic acids is 1. The number of likely N-dealkylation sites (N-methyl/N-ethyl adjacent to an activating group) is 1. The molecule has 22 heavy (non-hydrogen) atoms. The average molecular weight is 324 g/mol. The highest BCUT2D eigenvalue weighted by molar-refractivity contribution is 7.90. The normalized spacial score (nSPS) is 19.7. The van der Waals surface area contributed by atoms with Gasteiger partial charge in [-0.1, -0.05) is 18.2 Å². The summed E-state index contributed by atoms with van der Waals surface area (Å²) >= 11 is 0. The lowest BCUT2D eigenvalue weighted by Gasteiger charge is -2.36. The molecule has 1 heterocycles. The van der Waals surface area contributed by atoms with Gasteiger partial charge in [0.15, 0.2) is 0 Å². The van der Waals surface area contributed by atoms with Gasteiger partial charge in [-0.2, -0.15) is 0 Å². The van der Waals surface area contributed by atoms with Crippen LogP contribution < -0.4 is 4.90 Å². The Bertz CT molecular complexity index is 601. The first-order valence-corrected chi connectivity index (χ1v) is 9.69. The molecule has 1 amide bonds. The molecule has 0 saturated carbocycles. The van der Waals surface area contributed by atoms with Crippen LogP contribution in [-0.2, 0) is 14.6 Å². The second-order valence-corrected chi connectivity index (χ2v) is 8.21. The maximum Gasteiger partial charge on any atom is 0.244 e. The molecule has 1 aromatic rings. The first kappa shape index (κ1) is 17.0. The third-order valence-corrected chi connectivity index (χ3v) is 5.07. The van der Waals surface area contributed by atoms with Gasteiger partial charge in [0, 0.05) is 18.5 Å². The molecule has 0 bridgehead atoms. The number of nitrogens with zero attached hydrogens (tertiary/aromatic N) is 2. The van der Waals surface area contributed by atoms with E-state index in [2.05, 4.69) is 0 Å². The number of sulfone groups is 1. The van der Waals surface area contributed by atoms with Crippen molar-refractivity contribution in [2.45, 2.75) is 25.3 Å². The fourth-order valence-corrected chi connectivity index (χ4v) is 3.51. The quantitative estimate of drug-likeness (QED) is 0.797. The highest BCUT2D eigenvalue weighted by Crippen LogP contribution is 2.23. The molecule has 0 spiro atoms. The lowest BCUT2D eigenvalue weighted by molar-refractivity contribution is -0.124. The van der Waals surface area contributed by atoms with Gasteiger partial charge in [0.1, 0.15) is 9.84 Å². The van der Waals surface area contributed by atoms with Crippen molar-refractivity contribution in [3.8, 4) is 0 Å². The third-order valence-electron chi connectivity index (χ3n) is 4.04. The predicted octanol–water partition coefficient (Wildman–Crippen LogP) is 1.55. The maximum atomic E-state index is 12.7. The smallest absolute Gasteiger partial charge is 0.244 e. The molecule has 6 heteroatoms. The summed E-state index contributed by atoms with van der Waals surface area (Å²) in [6.45, 7) is 1.36. The fourth-order valence-electron chi connectivity index (χ4n) is 2.86. The number of benzene rings is 1. The largest absolute Gasteiger partial charge is 0.311 e. The van der Waals surface area contributed by atoms with Crippen molar-refractivity contribution < 1.29 is 13.2 Å². The van der Waals surface area contributed by atoms with Gasteiger partial charge in [-0.25, -0.2) is 8.42 Å². The monoisotopic (exact) mass is 324 g/mol. The van der Waals surface area contributed by atoms with Crippen LogP contribution in [0.25, 0.3) is 0 Å². The standard InChI is InChI=1S/C16H24N2O3S/c1-17(11-7-13-22(2,20)21)15-10-6-12-18(16(15)19)14-8-4-3-5-9-14/h3-5,8-9,15H,6-7,10-13H2,1-2H3. The van der Waals surface area contributed by atoms with Crippen molar-refractivity contribution in [1.82, 2.24) is 4.90 Å². The summed E-state index contributed by atoms with van der Waals surface area (Å²) in [6.07, 6.45) is 3.60. The van der Waals surface area contributed by atoms with E-state index in [4.69, 9.17) is 0 Å². The van der Waals surface area contributed by atoms with E-state index in [9.17, 15) is 13.2 Å². The molecular formula is C16H24N2O3S. The van der Waals surface area contributed by atoms with Crippen molar-refractivity contribution in [1.29, 1.82) is 0 Å². The minimum atomic E-state index is -2.94. The second-order valence-electron chi connectivity index (χ2n) is 5.95. The number of para-hydroxylation sites is 1. The van der Waals surface area contributed by atoms with E-state index < -0.39 is 9.84 Å². The molecule has 1 atom stereocenters. The van der Waals surface area contributed by atoms with E-state index in [1.165, 1.54) is 6.26 Å². The average Bonchev–Trinajstić information content (AvgIpc) is 2.47. The minimum Gasteiger partial charge on any atom is -0.311 e. The van der Waals surface area contributed by atoms with Crippen molar-refractivity contribution in [3.63, 3.8) is 0 Å². The summed E-state index contributed by atoms with van der Waals surface area (Å²) in [6, 6.07) is 9.54. The van der Waals surface area contributed by atoms with Crippen LogP contribution in [0.3, 0.4) is 0 Å². The SMILES string of the molecule is CN(CCCS(C)(=O)=O)C1CCCN(c2ccccc2)C1=O. The van der Waals surface area contributed by atoms with Crippen LogP contribution in [-0.4, -0.2) is 57.4 Å². The second kappa shape index (κ2) is 7.24. The molecule has 5 nitrogen and oxygen atoms in total. The molecule has 0 radical (unpaired) electrons. The highest BCUT2D eigenvalue weighted by atomic mass is 32.2. The molecule has 1 unspecified atom stereocenters. The van der Waals surface area contributed by atoms with Crippen LogP contribution in [0.15, 0.2) is 30.3 Å². The van der Waals surface area contributed by atoms with Crippen LogP contribution in [0.5, 0.6) is 0 Å². The predicted molar refractivity (Wildman–Crippen MR) is 88.8 cm³/mol. The molecule has 1 aliphatic heterocycles. The van der Waals surface area contributed by atoms with E-state index in [0.29, 0.717) is 13.0 Å². The Labute approximate surface area is 132 Å². The number of carbonyl (C=O) groups is 1. The van der Waals surface area contributed by atoms with Crippen LogP contribution in [0, 0.1) is 0 Å². The summed E-state index contributed by atoms with van der Waals surface area (Å²) in [5.74, 6) is 0.278. The molecule has 0 N–H and O–H groups in total. The van der Waals surface area contributed by atoms with E-state index in [1.807, 2.05) is 47.2 Å². The third kappa shape index (κ3) is 4.55. The van der Waals surface area contributed by atoms with Crippen molar-refractivity contribution >= 4 is 21.4 Å². The van der Waals surface area contributed by atoms with Gasteiger partial charge in [0.25, 0.3) is 0 Å². The lowest BCUT2D eigenvalue weighted by atomic mass is 10.0. The number of amides is 1. The summed E-state index contributed by atoms with van der Waals surface area (Å²) < 4.78 is 22.4. The Kier molecular flexibility index (Phi) is 5.58. The van der Waals surface area contributed by atoms with E-state index in [-0.39, 0.29) is 17.7 Å². The molecule has 0 aromatic heterocycles. The van der Waals surface area contributed by atoms with Gasteiger partial charge >= 0.3 is 0 Å². The fraction of sp³-hybridized carbons (Fsp3) is 0.562. The van der Waals surface area contributed by atoms with Crippen molar-refractivity contribution in [2.24, 2.45) is 0 Å². The number of anilines is 1. The van der Waals surface area contributed by atoms with Gasteiger partial charge in [-0.3, -0.25) is 9.69 Å². The molecular weight excluding hydrogens is 300 g/mol. The molecule has 1 aromatic carbocycles. The number of rotatable bonds is 6. The number of hydrogen-bond donors (Lipinski definition) is 0. The Morgan fingerprint density at radius 1 is 1.27 bits per heavy atom. The van der Waals surface area contributed by atoms with E-state index in [1.54, 1.807) is 0 Å². The zero-order valence-corrected chi connectivity index (χ0v) is 14.1. The van der Waals surface area contributed by atoms with Gasteiger partial charge in [-0.15, -0.1) is 0 Å². The first-order valence-electron chi connectivity index (χ1n) is 7.63. The number of piperidine rings is 1. The molecule has 1 saturated heterocycles. The van der Waals surface area contributed by atoms with E-state index >= 15 is 0 Å². The Morgan fingerprint density at radius 3 is 2.59 bits per heavy atom. The minimum absolute atomic E-state index is 0.110. The van der Waals surface area contributed by atoms with Crippen molar-refractivity contribution in [3.05, 3.63) is 30.3 Å². The summed E-state index contributed by atoms with van der Waals surface area (Å²) in [5.41, 5.74) is 0.932. The zero-order valence-electron chi connectivity index (χ0n) is 13.2. The molecule has 1 fully saturated rings. The van der Waals surface area contributed by atoms with Gasteiger partial charge in [0.05, 0.1) is 11.8 Å². The van der Waals surface area contributed by atoms with Crippen LogP contribution in [0.2, 0.25) is 0 Å². The summed E-state index contributed by atoms with van der Waals surface area (Å²) in [4.78, 5) is 16.5. The van der Waals surface area contributed by atoms with Gasteiger partial charge in [0.2, 0.25) is 5.91 Å². The molecule has 0 aliphatic carbocycles. The van der Waals surface area contributed by atoms with Gasteiger partial charge < -0.3 is 4.90 Å². The molecule has 122 valence electrons. The topological polar surface area (TPSA) is 57.7 Å². The van der Waals surface area contributed by atoms with E-state index in [0.717, 1.165) is 25.1 Å². The highest BCUT2D eigenvalue weighted by Gasteiger charge is 2.32. The van der Waals surface area contributed by atoms with Crippen LogP contribution >= 0.6 is 0 Å². The summed E-state index contributed by atoms with van der Waals surface area (Å²) in [5, 5.41) is 0. The Balaban J connectivity index is 1.97. The van der Waals surface area contributed by atoms with Crippen LogP contribution in [0.1, 0.15) is 19.3 Å².